The van der Waals surface area contributed by atoms with Gasteiger partial charge in [-0.05, 0) is 37.1 Å². The Balaban J connectivity index is 2.18. The summed E-state index contributed by atoms with van der Waals surface area (Å²) in [7, 11) is 0. The van der Waals surface area contributed by atoms with Gasteiger partial charge in [-0.25, -0.2) is 0 Å². The van der Waals surface area contributed by atoms with Crippen LogP contribution in [0.2, 0.25) is 5.02 Å². The molecule has 0 radical (unpaired) electrons. The minimum atomic E-state index is 0.615. The molecular formula is C11H13ClO2. The van der Waals surface area contributed by atoms with Gasteiger partial charge in [-0.3, -0.25) is 0 Å². The lowest BCUT2D eigenvalue weighted by molar-refractivity contribution is -0.107. The Morgan fingerprint density at radius 2 is 1.93 bits per heavy atom. The minimum Gasteiger partial charge on any atom is -0.494 e. The summed E-state index contributed by atoms with van der Waals surface area (Å²) in [6.07, 6.45) is 3.34. The SMILES string of the molecule is O=CCCCCOc1ccc(Cl)cc1. The molecule has 2 nitrogen and oxygen atoms in total. The quantitative estimate of drug-likeness (QED) is 0.535. The van der Waals surface area contributed by atoms with Gasteiger partial charge in [0.15, 0.2) is 0 Å². The molecule has 0 aliphatic rings. The number of halogens is 1. The summed E-state index contributed by atoms with van der Waals surface area (Å²) in [6.45, 7) is 0.648. The van der Waals surface area contributed by atoms with Crippen molar-refractivity contribution in [1.29, 1.82) is 0 Å². The second kappa shape index (κ2) is 6.44. The second-order valence-electron chi connectivity index (χ2n) is 2.96. The molecule has 0 aliphatic carbocycles. The van der Waals surface area contributed by atoms with Gasteiger partial charge < -0.3 is 9.53 Å². The lowest BCUT2D eigenvalue weighted by Crippen LogP contribution is -1.96. The summed E-state index contributed by atoms with van der Waals surface area (Å²) in [6, 6.07) is 7.26. The van der Waals surface area contributed by atoms with E-state index in [4.69, 9.17) is 16.3 Å². The number of rotatable bonds is 6. The van der Waals surface area contributed by atoms with Crippen molar-refractivity contribution in [2.45, 2.75) is 19.3 Å². The average Bonchev–Trinajstić information content (AvgIpc) is 2.21. The van der Waals surface area contributed by atoms with Gasteiger partial charge >= 0.3 is 0 Å². The summed E-state index contributed by atoms with van der Waals surface area (Å²) in [5, 5.41) is 0.707. The van der Waals surface area contributed by atoms with E-state index in [2.05, 4.69) is 0 Å². The van der Waals surface area contributed by atoms with Crippen LogP contribution in [0.3, 0.4) is 0 Å². The third kappa shape index (κ3) is 4.28. The molecule has 1 aromatic rings. The molecule has 0 N–H and O–H groups in total. The van der Waals surface area contributed by atoms with Crippen LogP contribution in [0.15, 0.2) is 24.3 Å². The Hall–Kier alpha value is -1.02. The standard InChI is InChI=1S/C11H13ClO2/c12-10-4-6-11(7-5-10)14-9-3-1-2-8-13/h4-8H,1-3,9H2. The number of hydrogen-bond donors (Lipinski definition) is 0. The molecule has 0 aliphatic heterocycles. The molecule has 0 spiro atoms. The van der Waals surface area contributed by atoms with E-state index in [0.717, 1.165) is 24.9 Å². The van der Waals surface area contributed by atoms with E-state index in [-0.39, 0.29) is 0 Å². The molecule has 0 atom stereocenters. The maximum atomic E-state index is 10.0. The van der Waals surface area contributed by atoms with Crippen LogP contribution in [0.25, 0.3) is 0 Å². The fourth-order valence-corrected chi connectivity index (χ4v) is 1.18. The molecule has 0 unspecified atom stereocenters. The van der Waals surface area contributed by atoms with Crippen LogP contribution in [0.4, 0.5) is 0 Å². The van der Waals surface area contributed by atoms with E-state index in [9.17, 15) is 4.79 Å². The summed E-state index contributed by atoms with van der Waals surface area (Å²) in [5.74, 6) is 0.820. The van der Waals surface area contributed by atoms with Crippen molar-refractivity contribution in [1.82, 2.24) is 0 Å². The zero-order valence-corrected chi connectivity index (χ0v) is 8.67. The molecule has 0 aromatic heterocycles. The van der Waals surface area contributed by atoms with E-state index in [0.29, 0.717) is 18.1 Å². The molecule has 0 fully saturated rings. The van der Waals surface area contributed by atoms with Crippen LogP contribution in [-0.2, 0) is 4.79 Å². The molecule has 0 amide bonds. The lowest BCUT2D eigenvalue weighted by Gasteiger charge is -2.04. The van der Waals surface area contributed by atoms with Gasteiger partial charge in [0.2, 0.25) is 0 Å². The van der Waals surface area contributed by atoms with Crippen molar-refractivity contribution >= 4 is 17.9 Å². The van der Waals surface area contributed by atoms with Crippen molar-refractivity contribution in [3.8, 4) is 5.75 Å². The topological polar surface area (TPSA) is 26.3 Å². The second-order valence-corrected chi connectivity index (χ2v) is 3.40. The average molecular weight is 213 g/mol. The first kappa shape index (κ1) is 11.1. The summed E-state index contributed by atoms with van der Waals surface area (Å²) in [5.41, 5.74) is 0. The number of benzene rings is 1. The largest absolute Gasteiger partial charge is 0.494 e. The first-order valence-electron chi connectivity index (χ1n) is 4.65. The molecule has 14 heavy (non-hydrogen) atoms. The Bertz CT molecular complexity index is 269. The molecule has 0 saturated heterocycles. The fourth-order valence-electron chi connectivity index (χ4n) is 1.05. The molecular weight excluding hydrogens is 200 g/mol. The molecule has 0 saturated carbocycles. The predicted octanol–water partition coefficient (Wildman–Crippen LogP) is 3.09. The normalized spacial score (nSPS) is 9.79. The van der Waals surface area contributed by atoms with E-state index >= 15 is 0 Å². The van der Waals surface area contributed by atoms with Gasteiger partial charge in [0.1, 0.15) is 12.0 Å². The van der Waals surface area contributed by atoms with Crippen LogP contribution >= 0.6 is 11.6 Å². The van der Waals surface area contributed by atoms with E-state index in [1.807, 2.05) is 12.1 Å². The van der Waals surface area contributed by atoms with Gasteiger partial charge in [-0.2, -0.15) is 0 Å². The molecule has 0 bridgehead atoms. The monoisotopic (exact) mass is 212 g/mol. The zero-order chi connectivity index (χ0) is 10.2. The molecule has 0 heterocycles. The van der Waals surface area contributed by atoms with Gasteiger partial charge in [0, 0.05) is 11.4 Å². The summed E-state index contributed by atoms with van der Waals surface area (Å²) >= 11 is 5.72. The van der Waals surface area contributed by atoms with E-state index < -0.39 is 0 Å². The third-order valence-corrected chi connectivity index (χ3v) is 2.05. The van der Waals surface area contributed by atoms with Gasteiger partial charge in [-0.1, -0.05) is 11.6 Å². The Morgan fingerprint density at radius 3 is 2.57 bits per heavy atom. The summed E-state index contributed by atoms with van der Waals surface area (Å²) < 4.78 is 5.43. The Labute approximate surface area is 88.8 Å². The fraction of sp³-hybridized carbons (Fsp3) is 0.364. The van der Waals surface area contributed by atoms with Gasteiger partial charge in [0.25, 0.3) is 0 Å². The highest BCUT2D eigenvalue weighted by Crippen LogP contribution is 2.15. The van der Waals surface area contributed by atoms with Gasteiger partial charge in [0.05, 0.1) is 6.61 Å². The maximum Gasteiger partial charge on any atom is 0.119 e. The number of unbranched alkanes of at least 4 members (excludes halogenated alkanes) is 2. The number of carbonyl (C=O) groups is 1. The minimum absolute atomic E-state index is 0.615. The predicted molar refractivity (Wildman–Crippen MR) is 56.9 cm³/mol. The Morgan fingerprint density at radius 1 is 1.21 bits per heavy atom. The lowest BCUT2D eigenvalue weighted by atomic mass is 10.2. The smallest absolute Gasteiger partial charge is 0.119 e. The molecule has 1 aromatic carbocycles. The summed E-state index contributed by atoms with van der Waals surface area (Å²) in [4.78, 5) is 10.0. The Kier molecular flexibility index (Phi) is 5.08. The van der Waals surface area contributed by atoms with Crippen molar-refractivity contribution in [2.24, 2.45) is 0 Å². The number of ether oxygens (including phenoxy) is 1. The van der Waals surface area contributed by atoms with Crippen LogP contribution in [0.5, 0.6) is 5.75 Å². The van der Waals surface area contributed by atoms with Crippen molar-refractivity contribution in [3.63, 3.8) is 0 Å². The molecule has 76 valence electrons. The number of aldehydes is 1. The van der Waals surface area contributed by atoms with Gasteiger partial charge in [-0.15, -0.1) is 0 Å². The first-order valence-corrected chi connectivity index (χ1v) is 5.03. The highest BCUT2D eigenvalue weighted by Gasteiger charge is 1.93. The van der Waals surface area contributed by atoms with E-state index in [1.165, 1.54) is 0 Å². The van der Waals surface area contributed by atoms with Crippen molar-refractivity contribution in [3.05, 3.63) is 29.3 Å². The van der Waals surface area contributed by atoms with E-state index in [1.54, 1.807) is 12.1 Å². The van der Waals surface area contributed by atoms with Crippen molar-refractivity contribution < 1.29 is 9.53 Å². The highest BCUT2D eigenvalue weighted by atomic mass is 35.5. The first-order chi connectivity index (χ1) is 6.83. The van der Waals surface area contributed by atoms with Crippen LogP contribution in [0, 0.1) is 0 Å². The third-order valence-electron chi connectivity index (χ3n) is 1.80. The van der Waals surface area contributed by atoms with Crippen molar-refractivity contribution in [2.75, 3.05) is 6.61 Å². The number of carbonyl (C=O) groups excluding carboxylic acids is 1. The van der Waals surface area contributed by atoms with Crippen LogP contribution in [0.1, 0.15) is 19.3 Å². The molecule has 3 heteroatoms. The zero-order valence-electron chi connectivity index (χ0n) is 7.91. The maximum absolute atomic E-state index is 10.0. The molecule has 1 rings (SSSR count). The number of hydrogen-bond acceptors (Lipinski definition) is 2. The van der Waals surface area contributed by atoms with Crippen LogP contribution in [-0.4, -0.2) is 12.9 Å². The highest BCUT2D eigenvalue weighted by molar-refractivity contribution is 6.30. The van der Waals surface area contributed by atoms with Crippen LogP contribution < -0.4 is 4.74 Å².